The third-order valence-corrected chi connectivity index (χ3v) is 3.73. The van der Waals surface area contributed by atoms with E-state index in [1.807, 2.05) is 6.07 Å². The highest BCUT2D eigenvalue weighted by Gasteiger charge is 2.25. The molecule has 0 amide bonds. The summed E-state index contributed by atoms with van der Waals surface area (Å²) < 4.78 is 25.4. The second-order valence-electron chi connectivity index (χ2n) is 5.31. The third-order valence-electron chi connectivity index (χ3n) is 3.73. The van der Waals surface area contributed by atoms with Crippen LogP contribution in [-0.4, -0.2) is 12.4 Å². The molecule has 0 saturated carbocycles. The van der Waals surface area contributed by atoms with Gasteiger partial charge in [0.25, 0.3) is 0 Å². The van der Waals surface area contributed by atoms with E-state index in [-0.39, 0.29) is 30.1 Å². The van der Waals surface area contributed by atoms with Gasteiger partial charge in [-0.2, -0.15) is 5.26 Å². The van der Waals surface area contributed by atoms with Crippen molar-refractivity contribution >= 4 is 5.78 Å². The summed E-state index contributed by atoms with van der Waals surface area (Å²) in [5.41, 5.74) is 2.02. The lowest BCUT2D eigenvalue weighted by atomic mass is 10.0. The molecule has 0 radical (unpaired) electrons. The number of hydrogen-bond donors (Lipinski definition) is 0. The van der Waals surface area contributed by atoms with Crippen LogP contribution in [0.3, 0.4) is 0 Å². The van der Waals surface area contributed by atoms with Crippen molar-refractivity contribution in [3.63, 3.8) is 0 Å². The van der Waals surface area contributed by atoms with Crippen molar-refractivity contribution in [1.29, 1.82) is 5.26 Å². The van der Waals surface area contributed by atoms with Crippen LogP contribution in [0.4, 0.5) is 4.39 Å². The summed E-state index contributed by atoms with van der Waals surface area (Å²) in [4.78, 5) is 11.8. The third kappa shape index (κ3) is 2.88. The molecule has 2 aromatic carbocycles. The van der Waals surface area contributed by atoms with Crippen molar-refractivity contribution in [2.45, 2.75) is 20.0 Å². The maximum atomic E-state index is 14.3. The molecule has 0 fully saturated rings. The zero-order valence-electron chi connectivity index (χ0n) is 12.6. The maximum absolute atomic E-state index is 14.3. The number of carbonyl (C=O) groups is 1. The van der Waals surface area contributed by atoms with E-state index in [1.165, 1.54) is 6.07 Å². The first-order valence-electron chi connectivity index (χ1n) is 7.21. The van der Waals surface area contributed by atoms with Gasteiger partial charge < -0.3 is 9.47 Å². The molecule has 4 nitrogen and oxygen atoms in total. The zero-order valence-corrected chi connectivity index (χ0v) is 12.6. The second-order valence-corrected chi connectivity index (χ2v) is 5.31. The van der Waals surface area contributed by atoms with E-state index < -0.39 is 5.82 Å². The summed E-state index contributed by atoms with van der Waals surface area (Å²) in [5.74, 6) is -0.248. The molecule has 0 aromatic heterocycles. The van der Waals surface area contributed by atoms with E-state index in [0.29, 0.717) is 23.5 Å². The molecule has 0 atom stereocenters. The number of halogens is 1. The summed E-state index contributed by atoms with van der Waals surface area (Å²) in [6, 6.07) is 10.1. The Balaban J connectivity index is 1.89. The van der Waals surface area contributed by atoms with Gasteiger partial charge in [-0.1, -0.05) is 12.1 Å². The molecule has 116 valence electrons. The lowest BCUT2D eigenvalue weighted by Crippen LogP contribution is -2.17. The second kappa shape index (κ2) is 6.09. The van der Waals surface area contributed by atoms with Crippen LogP contribution in [0.25, 0.3) is 0 Å². The highest BCUT2D eigenvalue weighted by molar-refractivity contribution is 6.00. The molecule has 23 heavy (non-hydrogen) atoms. The van der Waals surface area contributed by atoms with Crippen LogP contribution >= 0.6 is 0 Å². The van der Waals surface area contributed by atoms with Crippen LogP contribution in [-0.2, 0) is 6.61 Å². The fourth-order valence-electron chi connectivity index (χ4n) is 2.58. The average molecular weight is 311 g/mol. The number of fused-ring (bicyclic) bond motifs is 1. The van der Waals surface area contributed by atoms with E-state index in [2.05, 4.69) is 0 Å². The number of ketones is 1. The molecule has 0 saturated heterocycles. The molecule has 0 N–H and O–H groups in total. The topological polar surface area (TPSA) is 59.3 Å². The predicted octanol–water partition coefficient (Wildman–Crippen LogP) is 3.55. The number of rotatable bonds is 3. The number of nitriles is 1. The van der Waals surface area contributed by atoms with E-state index in [4.69, 9.17) is 14.7 Å². The lowest BCUT2D eigenvalue weighted by Gasteiger charge is -2.21. The van der Waals surface area contributed by atoms with E-state index >= 15 is 0 Å². The fourth-order valence-corrected chi connectivity index (χ4v) is 2.58. The molecular weight excluding hydrogens is 297 g/mol. The van der Waals surface area contributed by atoms with Crippen molar-refractivity contribution in [3.05, 3.63) is 58.4 Å². The van der Waals surface area contributed by atoms with Crippen molar-refractivity contribution in [2.75, 3.05) is 6.61 Å². The summed E-state index contributed by atoms with van der Waals surface area (Å²) in [7, 11) is 0. The van der Waals surface area contributed by atoms with Crippen LogP contribution in [0.5, 0.6) is 11.5 Å². The Bertz CT molecular complexity index is 824. The van der Waals surface area contributed by atoms with Gasteiger partial charge in [0.2, 0.25) is 0 Å². The minimum Gasteiger partial charge on any atom is -0.492 e. The van der Waals surface area contributed by atoms with Gasteiger partial charge in [-0.25, -0.2) is 4.39 Å². The molecule has 0 spiro atoms. The highest BCUT2D eigenvalue weighted by Crippen LogP contribution is 2.37. The highest BCUT2D eigenvalue weighted by atomic mass is 19.1. The first-order chi connectivity index (χ1) is 11.1. The number of ether oxygens (including phenoxy) is 2. The SMILES string of the molecule is Cc1c(OCc2cccc(C#N)c2)c(F)cc2c1OCCC2=O. The van der Waals surface area contributed by atoms with E-state index in [0.717, 1.165) is 5.56 Å². The molecule has 1 aliphatic rings. The minimum absolute atomic E-state index is 0.0702. The Labute approximate surface area is 133 Å². The van der Waals surface area contributed by atoms with Gasteiger partial charge in [0.1, 0.15) is 12.4 Å². The summed E-state index contributed by atoms with van der Waals surface area (Å²) in [6.07, 6.45) is 0.257. The lowest BCUT2D eigenvalue weighted by molar-refractivity contribution is 0.0931. The largest absolute Gasteiger partial charge is 0.492 e. The first kappa shape index (κ1) is 15.0. The molecule has 2 aromatic rings. The van der Waals surface area contributed by atoms with Crippen LogP contribution in [0, 0.1) is 24.1 Å². The van der Waals surface area contributed by atoms with Crippen LogP contribution in [0.2, 0.25) is 0 Å². The molecule has 0 unspecified atom stereocenters. The first-order valence-corrected chi connectivity index (χ1v) is 7.21. The van der Waals surface area contributed by atoms with Gasteiger partial charge in [-0.05, 0) is 30.7 Å². The van der Waals surface area contributed by atoms with Crippen LogP contribution in [0.1, 0.15) is 33.5 Å². The zero-order chi connectivity index (χ0) is 16.4. The Morgan fingerprint density at radius 3 is 3.00 bits per heavy atom. The number of Topliss-reactive ketones (excluding diaryl/α,β-unsaturated/α-hetero) is 1. The molecule has 0 bridgehead atoms. The number of benzene rings is 2. The Morgan fingerprint density at radius 1 is 1.39 bits per heavy atom. The van der Waals surface area contributed by atoms with E-state index in [9.17, 15) is 9.18 Å². The smallest absolute Gasteiger partial charge is 0.170 e. The van der Waals surface area contributed by atoms with Gasteiger partial charge in [-0.15, -0.1) is 0 Å². The monoisotopic (exact) mass is 311 g/mol. The van der Waals surface area contributed by atoms with Gasteiger partial charge >= 0.3 is 0 Å². The van der Waals surface area contributed by atoms with Crippen molar-refractivity contribution < 1.29 is 18.7 Å². The Hall–Kier alpha value is -2.87. The molecule has 1 heterocycles. The Morgan fingerprint density at radius 2 is 2.22 bits per heavy atom. The van der Waals surface area contributed by atoms with Crippen LogP contribution in [0.15, 0.2) is 30.3 Å². The fraction of sp³-hybridized carbons (Fsp3) is 0.222. The molecule has 3 rings (SSSR count). The van der Waals surface area contributed by atoms with Crippen molar-refractivity contribution in [1.82, 2.24) is 0 Å². The standard InChI is InChI=1S/C18H14FNO3/c1-11-17-14(16(21)5-6-22-17)8-15(19)18(11)23-10-13-4-2-3-12(7-13)9-20/h2-4,7-8H,5-6,10H2,1H3. The van der Waals surface area contributed by atoms with Crippen molar-refractivity contribution in [3.8, 4) is 17.6 Å². The van der Waals surface area contributed by atoms with Gasteiger partial charge in [0, 0.05) is 12.0 Å². The summed E-state index contributed by atoms with van der Waals surface area (Å²) in [6.45, 7) is 2.09. The quantitative estimate of drug-likeness (QED) is 0.869. The number of carbonyl (C=O) groups excluding carboxylic acids is 1. The normalized spacial score (nSPS) is 13.0. The molecule has 5 heteroatoms. The number of hydrogen-bond acceptors (Lipinski definition) is 4. The van der Waals surface area contributed by atoms with Gasteiger partial charge in [0.05, 0.1) is 23.8 Å². The van der Waals surface area contributed by atoms with E-state index in [1.54, 1.807) is 31.2 Å². The molecule has 1 aliphatic heterocycles. The van der Waals surface area contributed by atoms with Crippen molar-refractivity contribution in [2.24, 2.45) is 0 Å². The number of nitrogens with zero attached hydrogens (tertiary/aromatic N) is 1. The summed E-state index contributed by atoms with van der Waals surface area (Å²) >= 11 is 0. The van der Waals surface area contributed by atoms with Gasteiger partial charge in [0.15, 0.2) is 17.3 Å². The molecule has 0 aliphatic carbocycles. The van der Waals surface area contributed by atoms with Crippen LogP contribution < -0.4 is 9.47 Å². The molecular formula is C18H14FNO3. The average Bonchev–Trinajstić information content (AvgIpc) is 2.56. The van der Waals surface area contributed by atoms with Gasteiger partial charge in [-0.3, -0.25) is 4.79 Å². The summed E-state index contributed by atoms with van der Waals surface area (Å²) in [5, 5.41) is 8.89. The minimum atomic E-state index is -0.587. The predicted molar refractivity (Wildman–Crippen MR) is 81.1 cm³/mol. The maximum Gasteiger partial charge on any atom is 0.170 e. The Kier molecular flexibility index (Phi) is 3.98.